The summed E-state index contributed by atoms with van der Waals surface area (Å²) in [5.41, 5.74) is 3.87. The molecule has 0 radical (unpaired) electrons. The van der Waals surface area contributed by atoms with Gasteiger partial charge in [0, 0.05) is 31.7 Å². The van der Waals surface area contributed by atoms with Crippen molar-refractivity contribution in [3.63, 3.8) is 0 Å². The number of rotatable bonds is 3. The molecular formula is C15H24N4. The molecule has 4 nitrogen and oxygen atoms in total. The van der Waals surface area contributed by atoms with Gasteiger partial charge in [-0.15, -0.1) is 0 Å². The lowest BCUT2D eigenvalue weighted by atomic mass is 10.1. The van der Waals surface area contributed by atoms with E-state index in [4.69, 9.17) is 9.97 Å². The molecular weight excluding hydrogens is 236 g/mol. The van der Waals surface area contributed by atoms with Crippen LogP contribution in [0.2, 0.25) is 0 Å². The molecule has 104 valence electrons. The highest BCUT2D eigenvalue weighted by atomic mass is 15.3. The van der Waals surface area contributed by atoms with Gasteiger partial charge in [-0.1, -0.05) is 26.2 Å². The van der Waals surface area contributed by atoms with Crippen LogP contribution in [0.15, 0.2) is 0 Å². The minimum atomic E-state index is 0.912. The first-order valence-electron chi connectivity index (χ1n) is 7.73. The van der Waals surface area contributed by atoms with E-state index in [1.54, 1.807) is 0 Å². The molecule has 0 aromatic carbocycles. The fraction of sp³-hybridized carbons (Fsp3) is 0.733. The van der Waals surface area contributed by atoms with Crippen molar-refractivity contribution in [1.82, 2.24) is 15.3 Å². The zero-order valence-electron chi connectivity index (χ0n) is 11.9. The van der Waals surface area contributed by atoms with Crippen molar-refractivity contribution in [3.8, 4) is 0 Å². The zero-order chi connectivity index (χ0) is 13.1. The van der Waals surface area contributed by atoms with Crippen LogP contribution in [0.25, 0.3) is 0 Å². The molecule has 4 heteroatoms. The average molecular weight is 260 g/mol. The van der Waals surface area contributed by atoms with Crippen molar-refractivity contribution < 1.29 is 0 Å². The van der Waals surface area contributed by atoms with Crippen molar-refractivity contribution in [2.45, 2.75) is 58.5 Å². The van der Waals surface area contributed by atoms with E-state index in [0.717, 1.165) is 45.0 Å². The fourth-order valence-electron chi connectivity index (χ4n) is 3.08. The number of nitrogens with zero attached hydrogens (tertiary/aromatic N) is 3. The van der Waals surface area contributed by atoms with Crippen LogP contribution in [0.1, 0.15) is 56.0 Å². The van der Waals surface area contributed by atoms with Crippen LogP contribution < -0.4 is 10.2 Å². The molecule has 0 unspecified atom stereocenters. The zero-order valence-corrected chi connectivity index (χ0v) is 11.9. The molecule has 0 spiro atoms. The van der Waals surface area contributed by atoms with Gasteiger partial charge in [0.05, 0.1) is 11.4 Å². The largest absolute Gasteiger partial charge is 0.341 e. The Morgan fingerprint density at radius 1 is 1.05 bits per heavy atom. The molecule has 3 rings (SSSR count). The Bertz CT molecular complexity index is 436. The van der Waals surface area contributed by atoms with Gasteiger partial charge in [-0.25, -0.2) is 9.97 Å². The molecule has 2 aliphatic rings. The van der Waals surface area contributed by atoms with Crippen molar-refractivity contribution in [3.05, 3.63) is 17.0 Å². The van der Waals surface area contributed by atoms with Gasteiger partial charge >= 0.3 is 0 Å². The van der Waals surface area contributed by atoms with Crippen LogP contribution >= 0.6 is 0 Å². The van der Waals surface area contributed by atoms with Gasteiger partial charge in [-0.3, -0.25) is 0 Å². The standard InChI is InChI=1S/C15H24N4/c1-2-7-13-12-10-16-11-14(12)18-15(17-13)19-8-5-3-4-6-9-19/h16H,2-11H2,1H3. The molecule has 1 aromatic heterocycles. The highest BCUT2D eigenvalue weighted by molar-refractivity contribution is 5.39. The van der Waals surface area contributed by atoms with E-state index in [2.05, 4.69) is 17.1 Å². The first-order valence-corrected chi connectivity index (χ1v) is 7.73. The minimum absolute atomic E-state index is 0.912. The topological polar surface area (TPSA) is 41.1 Å². The third kappa shape index (κ3) is 2.73. The number of fused-ring (bicyclic) bond motifs is 1. The van der Waals surface area contributed by atoms with E-state index in [-0.39, 0.29) is 0 Å². The van der Waals surface area contributed by atoms with E-state index in [1.165, 1.54) is 42.6 Å². The third-order valence-electron chi connectivity index (χ3n) is 4.14. The van der Waals surface area contributed by atoms with E-state index in [1.807, 2.05) is 0 Å². The van der Waals surface area contributed by atoms with Crippen molar-refractivity contribution in [2.75, 3.05) is 18.0 Å². The summed E-state index contributed by atoms with van der Waals surface area (Å²) in [7, 11) is 0. The molecule has 1 aromatic rings. The normalized spacial score (nSPS) is 19.3. The van der Waals surface area contributed by atoms with E-state index < -0.39 is 0 Å². The maximum Gasteiger partial charge on any atom is 0.225 e. The number of nitrogens with one attached hydrogen (secondary N) is 1. The lowest BCUT2D eigenvalue weighted by Crippen LogP contribution is -2.27. The van der Waals surface area contributed by atoms with Crippen LogP contribution in [0.3, 0.4) is 0 Å². The quantitative estimate of drug-likeness (QED) is 0.906. The molecule has 1 saturated heterocycles. The van der Waals surface area contributed by atoms with Gasteiger partial charge in [0.25, 0.3) is 0 Å². The van der Waals surface area contributed by atoms with Gasteiger partial charge in [0.2, 0.25) is 5.95 Å². The summed E-state index contributed by atoms with van der Waals surface area (Å²) in [6.07, 6.45) is 7.50. The smallest absolute Gasteiger partial charge is 0.225 e. The summed E-state index contributed by atoms with van der Waals surface area (Å²) < 4.78 is 0. The molecule has 19 heavy (non-hydrogen) atoms. The van der Waals surface area contributed by atoms with Gasteiger partial charge in [-0.2, -0.15) is 0 Å². The summed E-state index contributed by atoms with van der Waals surface area (Å²) in [5, 5.41) is 3.41. The Kier molecular flexibility index (Phi) is 3.97. The average Bonchev–Trinajstić information content (AvgIpc) is 2.72. The predicted octanol–water partition coefficient (Wildman–Crippen LogP) is 2.41. The second-order valence-electron chi connectivity index (χ2n) is 5.65. The van der Waals surface area contributed by atoms with E-state index in [0.29, 0.717) is 0 Å². The Balaban J connectivity index is 1.90. The second kappa shape index (κ2) is 5.87. The maximum atomic E-state index is 4.87. The Hall–Kier alpha value is -1.16. The number of aromatic nitrogens is 2. The summed E-state index contributed by atoms with van der Waals surface area (Å²) in [6.45, 7) is 6.33. The van der Waals surface area contributed by atoms with Crippen LogP contribution in [0.4, 0.5) is 5.95 Å². The fourth-order valence-corrected chi connectivity index (χ4v) is 3.08. The van der Waals surface area contributed by atoms with Crippen molar-refractivity contribution in [1.29, 1.82) is 0 Å². The van der Waals surface area contributed by atoms with E-state index >= 15 is 0 Å². The minimum Gasteiger partial charge on any atom is -0.341 e. The second-order valence-corrected chi connectivity index (χ2v) is 5.65. The van der Waals surface area contributed by atoms with Gasteiger partial charge < -0.3 is 10.2 Å². The monoisotopic (exact) mass is 260 g/mol. The first-order chi connectivity index (χ1) is 9.38. The van der Waals surface area contributed by atoms with Crippen LogP contribution in [-0.4, -0.2) is 23.1 Å². The van der Waals surface area contributed by atoms with Crippen LogP contribution in [0, 0.1) is 0 Å². The van der Waals surface area contributed by atoms with E-state index in [9.17, 15) is 0 Å². The number of anilines is 1. The molecule has 0 amide bonds. The van der Waals surface area contributed by atoms with Gasteiger partial charge in [0.1, 0.15) is 0 Å². The Labute approximate surface area is 115 Å². The lowest BCUT2D eigenvalue weighted by molar-refractivity contribution is 0.726. The summed E-state index contributed by atoms with van der Waals surface area (Å²) in [4.78, 5) is 12.1. The summed E-state index contributed by atoms with van der Waals surface area (Å²) in [6, 6.07) is 0. The van der Waals surface area contributed by atoms with Crippen LogP contribution in [-0.2, 0) is 19.5 Å². The van der Waals surface area contributed by atoms with Crippen molar-refractivity contribution in [2.24, 2.45) is 0 Å². The molecule has 0 aliphatic carbocycles. The lowest BCUT2D eigenvalue weighted by Gasteiger charge is -2.21. The van der Waals surface area contributed by atoms with Crippen LogP contribution in [0.5, 0.6) is 0 Å². The number of hydrogen-bond donors (Lipinski definition) is 1. The summed E-state index contributed by atoms with van der Waals surface area (Å²) in [5.74, 6) is 0.979. The number of hydrogen-bond acceptors (Lipinski definition) is 4. The molecule has 0 saturated carbocycles. The SMILES string of the molecule is CCCc1nc(N2CCCCCC2)nc2c1CNC2. The maximum absolute atomic E-state index is 4.87. The molecule has 0 bridgehead atoms. The third-order valence-corrected chi connectivity index (χ3v) is 4.14. The molecule has 3 heterocycles. The molecule has 0 atom stereocenters. The number of aryl methyl sites for hydroxylation is 1. The molecule has 2 aliphatic heterocycles. The Morgan fingerprint density at radius 3 is 2.58 bits per heavy atom. The predicted molar refractivity (Wildman–Crippen MR) is 77.3 cm³/mol. The van der Waals surface area contributed by atoms with Gasteiger partial charge in [0.15, 0.2) is 0 Å². The summed E-state index contributed by atoms with van der Waals surface area (Å²) >= 11 is 0. The first kappa shape index (κ1) is 12.9. The van der Waals surface area contributed by atoms with Gasteiger partial charge in [-0.05, 0) is 19.3 Å². The highest BCUT2D eigenvalue weighted by Gasteiger charge is 2.21. The highest BCUT2D eigenvalue weighted by Crippen LogP contribution is 2.23. The molecule has 1 N–H and O–H groups in total. The van der Waals surface area contributed by atoms with Crippen molar-refractivity contribution >= 4 is 5.95 Å². The Morgan fingerprint density at radius 2 is 1.84 bits per heavy atom. The molecule has 1 fully saturated rings.